The van der Waals surface area contributed by atoms with E-state index in [4.69, 9.17) is 9.47 Å². The van der Waals surface area contributed by atoms with Crippen LogP contribution in [0, 0.1) is 0 Å². The molecule has 0 saturated heterocycles. The summed E-state index contributed by atoms with van der Waals surface area (Å²) in [6.45, 7) is 6.44. The summed E-state index contributed by atoms with van der Waals surface area (Å²) < 4.78 is 38.1. The van der Waals surface area contributed by atoms with Crippen molar-refractivity contribution in [1.82, 2.24) is 0 Å². The van der Waals surface area contributed by atoms with Crippen molar-refractivity contribution >= 4 is 33.3 Å². The molecule has 1 N–H and O–H groups in total. The fourth-order valence-corrected chi connectivity index (χ4v) is 4.05. The van der Waals surface area contributed by atoms with E-state index in [1.54, 1.807) is 31.2 Å². The number of anilines is 2. The Morgan fingerprint density at radius 1 is 1.03 bits per heavy atom. The lowest BCUT2D eigenvalue weighted by Gasteiger charge is -2.24. The first-order valence-electron chi connectivity index (χ1n) is 9.46. The molecule has 0 atom stereocenters. The van der Waals surface area contributed by atoms with Crippen molar-refractivity contribution in [2.75, 3.05) is 22.8 Å². The number of benzene rings is 2. The van der Waals surface area contributed by atoms with Crippen LogP contribution in [0.2, 0.25) is 0 Å². The number of hydrogen-bond acceptors (Lipinski definition) is 6. The third-order valence-corrected chi connectivity index (χ3v) is 5.63. The molecule has 0 bridgehead atoms. The van der Waals surface area contributed by atoms with E-state index in [0.717, 1.165) is 4.31 Å². The van der Waals surface area contributed by atoms with Gasteiger partial charge in [-0.05, 0) is 69.3 Å². The zero-order valence-corrected chi connectivity index (χ0v) is 18.2. The molecule has 2 aromatic carbocycles. The van der Waals surface area contributed by atoms with E-state index in [1.165, 1.54) is 31.2 Å². The second-order valence-electron chi connectivity index (χ2n) is 6.68. The smallest absolute Gasteiger partial charge is 0.326 e. The Labute approximate surface area is 176 Å². The van der Waals surface area contributed by atoms with Gasteiger partial charge in [-0.2, -0.15) is 0 Å². The maximum atomic E-state index is 13.3. The highest BCUT2D eigenvalue weighted by atomic mass is 32.2. The summed E-state index contributed by atoms with van der Waals surface area (Å²) in [6, 6.07) is 12.1. The second-order valence-corrected chi connectivity index (χ2v) is 8.55. The fourth-order valence-electron chi connectivity index (χ4n) is 2.64. The molecule has 162 valence electrons. The van der Waals surface area contributed by atoms with E-state index >= 15 is 0 Å². The number of nitrogens with one attached hydrogen (secondary N) is 1. The van der Waals surface area contributed by atoms with Crippen LogP contribution in [0.4, 0.5) is 11.4 Å². The van der Waals surface area contributed by atoms with Gasteiger partial charge in [0.05, 0.1) is 23.3 Å². The molecule has 0 unspecified atom stereocenters. The lowest BCUT2D eigenvalue weighted by Crippen LogP contribution is -2.36. The lowest BCUT2D eigenvalue weighted by atomic mass is 10.3. The second kappa shape index (κ2) is 10.1. The maximum absolute atomic E-state index is 13.3. The highest BCUT2D eigenvalue weighted by Gasteiger charge is 2.28. The number of sulfonamides is 1. The van der Waals surface area contributed by atoms with Crippen LogP contribution < -0.4 is 14.4 Å². The molecular formula is C21H26N2O6S. The van der Waals surface area contributed by atoms with Crippen molar-refractivity contribution in [3.05, 3.63) is 48.5 Å². The van der Waals surface area contributed by atoms with Gasteiger partial charge in [-0.1, -0.05) is 0 Å². The predicted molar refractivity (Wildman–Crippen MR) is 114 cm³/mol. The summed E-state index contributed by atoms with van der Waals surface area (Å²) in [4.78, 5) is 23.2. The molecule has 0 spiro atoms. The van der Waals surface area contributed by atoms with E-state index in [0.29, 0.717) is 17.1 Å². The van der Waals surface area contributed by atoms with Crippen molar-refractivity contribution in [1.29, 1.82) is 0 Å². The molecule has 0 radical (unpaired) electrons. The molecule has 2 aromatic rings. The van der Waals surface area contributed by atoms with Crippen molar-refractivity contribution < 1.29 is 27.5 Å². The largest absolute Gasteiger partial charge is 0.491 e. The van der Waals surface area contributed by atoms with Gasteiger partial charge < -0.3 is 14.8 Å². The number of amides is 1. The van der Waals surface area contributed by atoms with E-state index in [1.807, 2.05) is 13.8 Å². The van der Waals surface area contributed by atoms with Crippen LogP contribution in [0.5, 0.6) is 5.75 Å². The summed E-state index contributed by atoms with van der Waals surface area (Å²) in [6.07, 6.45) is -0.0302. The van der Waals surface area contributed by atoms with Crippen molar-refractivity contribution in [3.8, 4) is 5.75 Å². The van der Waals surface area contributed by atoms with E-state index in [9.17, 15) is 18.0 Å². The Kier molecular flexibility index (Phi) is 7.82. The van der Waals surface area contributed by atoms with Crippen LogP contribution in [-0.4, -0.2) is 39.5 Å². The van der Waals surface area contributed by atoms with Gasteiger partial charge in [0.25, 0.3) is 10.0 Å². The Morgan fingerprint density at radius 3 is 2.13 bits per heavy atom. The minimum Gasteiger partial charge on any atom is -0.491 e. The van der Waals surface area contributed by atoms with Crippen LogP contribution >= 0.6 is 0 Å². The standard InChI is InChI=1S/C21H26N2O6S/c1-5-28-21(25)14-23(18-8-10-19(11-9-18)29-15(2)3)30(26,27)20-12-6-17(7-13-20)22-16(4)24/h6-13,15H,5,14H2,1-4H3,(H,22,24). The van der Waals surface area contributed by atoms with Crippen LogP contribution in [-0.2, 0) is 24.3 Å². The minimum absolute atomic E-state index is 0.0246. The summed E-state index contributed by atoms with van der Waals surface area (Å²) in [5.74, 6) is -0.349. The van der Waals surface area contributed by atoms with Gasteiger partial charge in [-0.15, -0.1) is 0 Å². The molecule has 0 aliphatic heterocycles. The van der Waals surface area contributed by atoms with E-state index < -0.39 is 22.5 Å². The van der Waals surface area contributed by atoms with Crippen LogP contribution in [0.15, 0.2) is 53.4 Å². The SMILES string of the molecule is CCOC(=O)CN(c1ccc(OC(C)C)cc1)S(=O)(=O)c1ccc(NC(C)=O)cc1. The first-order valence-corrected chi connectivity index (χ1v) is 10.9. The summed E-state index contributed by atoms with van der Waals surface area (Å²) >= 11 is 0. The lowest BCUT2D eigenvalue weighted by molar-refractivity contribution is -0.141. The molecule has 0 aliphatic rings. The zero-order chi connectivity index (χ0) is 22.3. The number of hydrogen-bond donors (Lipinski definition) is 1. The van der Waals surface area contributed by atoms with Crippen molar-refractivity contribution in [2.24, 2.45) is 0 Å². The van der Waals surface area contributed by atoms with Gasteiger partial charge >= 0.3 is 5.97 Å². The minimum atomic E-state index is -4.07. The zero-order valence-electron chi connectivity index (χ0n) is 17.4. The molecule has 0 aliphatic carbocycles. The van der Waals surface area contributed by atoms with Crippen LogP contribution in [0.25, 0.3) is 0 Å². The third-order valence-electron chi connectivity index (χ3n) is 3.84. The molecule has 8 nitrogen and oxygen atoms in total. The average molecular weight is 435 g/mol. The highest BCUT2D eigenvalue weighted by Crippen LogP contribution is 2.27. The summed E-state index contributed by atoms with van der Waals surface area (Å²) in [7, 11) is -4.07. The van der Waals surface area contributed by atoms with Gasteiger partial charge in [-0.25, -0.2) is 8.42 Å². The molecular weight excluding hydrogens is 408 g/mol. The molecule has 0 heterocycles. The highest BCUT2D eigenvalue weighted by molar-refractivity contribution is 7.92. The normalized spacial score (nSPS) is 11.1. The summed E-state index contributed by atoms with van der Waals surface area (Å²) in [5.41, 5.74) is 0.763. The van der Waals surface area contributed by atoms with Gasteiger partial charge in [0, 0.05) is 12.6 Å². The number of carbonyl (C=O) groups excluding carboxylic acids is 2. The quantitative estimate of drug-likeness (QED) is 0.608. The summed E-state index contributed by atoms with van der Waals surface area (Å²) in [5, 5.41) is 2.58. The van der Waals surface area contributed by atoms with Crippen molar-refractivity contribution in [3.63, 3.8) is 0 Å². The third kappa shape index (κ3) is 6.21. The molecule has 0 aromatic heterocycles. The van der Waals surface area contributed by atoms with Gasteiger partial charge in [0.15, 0.2) is 0 Å². The number of esters is 1. The Bertz CT molecular complexity index is 970. The number of nitrogens with zero attached hydrogens (tertiary/aromatic N) is 1. The monoisotopic (exact) mass is 434 g/mol. The van der Waals surface area contributed by atoms with Gasteiger partial charge in [-0.3, -0.25) is 13.9 Å². The molecule has 0 fully saturated rings. The molecule has 30 heavy (non-hydrogen) atoms. The van der Waals surface area contributed by atoms with Crippen molar-refractivity contribution in [2.45, 2.75) is 38.7 Å². The van der Waals surface area contributed by atoms with Gasteiger partial charge in [0.2, 0.25) is 5.91 Å². The number of carbonyl (C=O) groups is 2. The number of rotatable bonds is 9. The van der Waals surface area contributed by atoms with Crippen LogP contribution in [0.1, 0.15) is 27.7 Å². The molecule has 9 heteroatoms. The fraction of sp³-hybridized carbons (Fsp3) is 0.333. The van der Waals surface area contributed by atoms with Crippen LogP contribution in [0.3, 0.4) is 0 Å². The Morgan fingerprint density at radius 2 is 1.63 bits per heavy atom. The Hall–Kier alpha value is -3.07. The Balaban J connectivity index is 2.39. The molecule has 1 amide bonds. The average Bonchev–Trinajstić information content (AvgIpc) is 2.66. The maximum Gasteiger partial charge on any atom is 0.326 e. The molecule has 0 saturated carbocycles. The molecule has 2 rings (SSSR count). The first kappa shape index (κ1) is 23.2. The topological polar surface area (TPSA) is 102 Å². The van der Waals surface area contributed by atoms with Gasteiger partial charge in [0.1, 0.15) is 12.3 Å². The predicted octanol–water partition coefficient (Wildman–Crippen LogP) is 3.19. The van der Waals surface area contributed by atoms with E-state index in [2.05, 4.69) is 5.32 Å². The van der Waals surface area contributed by atoms with E-state index in [-0.39, 0.29) is 23.5 Å². The first-order chi connectivity index (χ1) is 14.1. The number of ether oxygens (including phenoxy) is 2.